The summed E-state index contributed by atoms with van der Waals surface area (Å²) in [6, 6.07) is 0. The normalized spacial score (nSPS) is 36.0. The monoisotopic (exact) mass is 129 g/mol. The molecule has 3 heteroatoms. The van der Waals surface area contributed by atoms with Gasteiger partial charge in [-0.05, 0) is 12.3 Å². The van der Waals surface area contributed by atoms with E-state index in [4.69, 9.17) is 5.11 Å². The summed E-state index contributed by atoms with van der Waals surface area (Å²) in [5.74, 6) is 0.287. The maximum Gasteiger partial charge on any atom is 0.222 e. The van der Waals surface area contributed by atoms with Gasteiger partial charge in [0.15, 0.2) is 0 Å². The molecule has 0 aromatic rings. The van der Waals surface area contributed by atoms with Crippen LogP contribution in [-0.4, -0.2) is 17.2 Å². The van der Waals surface area contributed by atoms with Gasteiger partial charge in [-0.2, -0.15) is 0 Å². The molecule has 52 valence electrons. The minimum atomic E-state index is -0.610. The first-order chi connectivity index (χ1) is 4.18. The molecule has 0 radical (unpaired) electrons. The van der Waals surface area contributed by atoms with Crippen molar-refractivity contribution in [1.29, 1.82) is 0 Å². The van der Waals surface area contributed by atoms with Crippen molar-refractivity contribution in [1.82, 2.24) is 5.32 Å². The van der Waals surface area contributed by atoms with Crippen LogP contribution in [0.15, 0.2) is 0 Å². The van der Waals surface area contributed by atoms with E-state index in [0.29, 0.717) is 18.8 Å². The lowest BCUT2D eigenvalue weighted by molar-refractivity contribution is -0.128. The van der Waals surface area contributed by atoms with E-state index in [2.05, 4.69) is 5.32 Å². The van der Waals surface area contributed by atoms with Crippen LogP contribution in [0.25, 0.3) is 0 Å². The van der Waals surface area contributed by atoms with Crippen LogP contribution in [0, 0.1) is 5.92 Å². The second-order valence-electron chi connectivity index (χ2n) is 2.63. The van der Waals surface area contributed by atoms with Crippen LogP contribution < -0.4 is 5.32 Å². The van der Waals surface area contributed by atoms with Gasteiger partial charge in [-0.25, -0.2) is 0 Å². The molecule has 2 unspecified atom stereocenters. The highest BCUT2D eigenvalue weighted by atomic mass is 16.3. The third-order valence-electron chi connectivity index (χ3n) is 1.49. The summed E-state index contributed by atoms with van der Waals surface area (Å²) in [5.41, 5.74) is 0. The number of aliphatic hydroxyl groups excluding tert-OH is 1. The summed E-state index contributed by atoms with van der Waals surface area (Å²) in [7, 11) is 0. The van der Waals surface area contributed by atoms with E-state index in [-0.39, 0.29) is 5.91 Å². The highest BCUT2D eigenvalue weighted by molar-refractivity contribution is 5.77. The third kappa shape index (κ3) is 1.68. The minimum absolute atomic E-state index is 0.0405. The first-order valence-electron chi connectivity index (χ1n) is 3.16. The number of carbonyl (C=O) groups is 1. The Morgan fingerprint density at radius 1 is 1.78 bits per heavy atom. The number of piperidine rings is 1. The molecule has 1 heterocycles. The topological polar surface area (TPSA) is 49.3 Å². The van der Waals surface area contributed by atoms with E-state index < -0.39 is 6.23 Å². The van der Waals surface area contributed by atoms with Gasteiger partial charge in [0.2, 0.25) is 5.91 Å². The molecule has 1 aliphatic rings. The number of hydrogen-bond acceptors (Lipinski definition) is 2. The molecule has 0 aromatic heterocycles. The van der Waals surface area contributed by atoms with Crippen molar-refractivity contribution in [3.8, 4) is 0 Å². The molecule has 0 aliphatic carbocycles. The van der Waals surface area contributed by atoms with E-state index in [1.54, 1.807) is 0 Å². The molecule has 0 saturated carbocycles. The Balaban J connectivity index is 2.43. The van der Waals surface area contributed by atoms with Crippen molar-refractivity contribution in [2.45, 2.75) is 26.0 Å². The van der Waals surface area contributed by atoms with E-state index in [1.165, 1.54) is 0 Å². The van der Waals surface area contributed by atoms with Gasteiger partial charge in [-0.3, -0.25) is 4.79 Å². The number of aliphatic hydroxyl groups is 1. The molecule has 1 aliphatic heterocycles. The van der Waals surface area contributed by atoms with Crippen molar-refractivity contribution in [2.75, 3.05) is 0 Å². The molecule has 1 amide bonds. The molecule has 0 bridgehead atoms. The van der Waals surface area contributed by atoms with Crippen molar-refractivity contribution < 1.29 is 9.90 Å². The Kier molecular flexibility index (Phi) is 1.71. The fraction of sp³-hybridized carbons (Fsp3) is 0.833. The Labute approximate surface area is 54.1 Å². The first-order valence-corrected chi connectivity index (χ1v) is 3.16. The Hall–Kier alpha value is -0.570. The lowest BCUT2D eigenvalue weighted by Crippen LogP contribution is -2.41. The van der Waals surface area contributed by atoms with Crippen LogP contribution in [0.2, 0.25) is 0 Å². The van der Waals surface area contributed by atoms with Crippen LogP contribution in [0.3, 0.4) is 0 Å². The van der Waals surface area contributed by atoms with Crippen LogP contribution in [0.4, 0.5) is 0 Å². The summed E-state index contributed by atoms with van der Waals surface area (Å²) >= 11 is 0. The minimum Gasteiger partial charge on any atom is -0.374 e. The summed E-state index contributed by atoms with van der Waals surface area (Å²) in [6.45, 7) is 1.96. The average molecular weight is 129 g/mol. The largest absolute Gasteiger partial charge is 0.374 e. The zero-order chi connectivity index (χ0) is 6.85. The predicted octanol–water partition coefficient (Wildman–Crippen LogP) is -0.149. The Bertz CT molecular complexity index is 112. The number of nitrogens with one attached hydrogen (secondary N) is 1. The molecular formula is C6H11NO2. The van der Waals surface area contributed by atoms with Gasteiger partial charge >= 0.3 is 0 Å². The number of hydrogen-bond donors (Lipinski definition) is 2. The van der Waals surface area contributed by atoms with E-state index in [1.807, 2.05) is 6.92 Å². The maximum atomic E-state index is 10.6. The Morgan fingerprint density at radius 3 is 2.89 bits per heavy atom. The predicted molar refractivity (Wildman–Crippen MR) is 32.5 cm³/mol. The van der Waals surface area contributed by atoms with Gasteiger partial charge in [0, 0.05) is 6.42 Å². The second-order valence-corrected chi connectivity index (χ2v) is 2.63. The number of amides is 1. The highest BCUT2D eigenvalue weighted by Crippen LogP contribution is 2.13. The van der Waals surface area contributed by atoms with E-state index in [0.717, 1.165) is 0 Å². The third-order valence-corrected chi connectivity index (χ3v) is 1.49. The van der Waals surface area contributed by atoms with Crippen LogP contribution in [0.1, 0.15) is 19.8 Å². The van der Waals surface area contributed by atoms with Gasteiger partial charge in [0.05, 0.1) is 0 Å². The second kappa shape index (κ2) is 2.35. The molecule has 9 heavy (non-hydrogen) atoms. The molecule has 1 saturated heterocycles. The SMILES string of the molecule is CC1CC(=O)NC(O)C1. The number of carbonyl (C=O) groups excluding carboxylic acids is 1. The summed E-state index contributed by atoms with van der Waals surface area (Å²) < 4.78 is 0. The lowest BCUT2D eigenvalue weighted by atomic mass is 9.99. The molecule has 2 atom stereocenters. The van der Waals surface area contributed by atoms with Crippen molar-refractivity contribution in [2.24, 2.45) is 5.92 Å². The molecular weight excluding hydrogens is 118 g/mol. The average Bonchev–Trinajstić information content (AvgIpc) is 1.59. The van der Waals surface area contributed by atoms with E-state index in [9.17, 15) is 4.79 Å². The molecule has 0 aromatic carbocycles. The standard InChI is InChI=1S/C6H11NO2/c1-4-2-5(8)7-6(9)3-4/h4-5,8H,2-3H2,1H3,(H,7,9). The van der Waals surface area contributed by atoms with Crippen molar-refractivity contribution in [3.05, 3.63) is 0 Å². The zero-order valence-electron chi connectivity index (χ0n) is 5.42. The summed E-state index contributed by atoms with van der Waals surface area (Å²) in [5, 5.41) is 11.3. The fourth-order valence-corrected chi connectivity index (χ4v) is 1.08. The van der Waals surface area contributed by atoms with E-state index >= 15 is 0 Å². The number of rotatable bonds is 0. The maximum absolute atomic E-state index is 10.6. The van der Waals surface area contributed by atoms with Crippen molar-refractivity contribution in [3.63, 3.8) is 0 Å². The first kappa shape index (κ1) is 6.55. The smallest absolute Gasteiger partial charge is 0.222 e. The van der Waals surface area contributed by atoms with Crippen LogP contribution in [-0.2, 0) is 4.79 Å². The van der Waals surface area contributed by atoms with Gasteiger partial charge in [0.1, 0.15) is 6.23 Å². The Morgan fingerprint density at radius 2 is 2.44 bits per heavy atom. The fourth-order valence-electron chi connectivity index (χ4n) is 1.08. The molecule has 1 fully saturated rings. The lowest BCUT2D eigenvalue weighted by Gasteiger charge is -2.22. The molecule has 1 rings (SSSR count). The van der Waals surface area contributed by atoms with Gasteiger partial charge in [-0.15, -0.1) is 0 Å². The van der Waals surface area contributed by atoms with Crippen LogP contribution >= 0.6 is 0 Å². The molecule has 2 N–H and O–H groups in total. The van der Waals surface area contributed by atoms with Gasteiger partial charge in [0.25, 0.3) is 0 Å². The van der Waals surface area contributed by atoms with Gasteiger partial charge < -0.3 is 10.4 Å². The van der Waals surface area contributed by atoms with Crippen molar-refractivity contribution >= 4 is 5.91 Å². The highest BCUT2D eigenvalue weighted by Gasteiger charge is 2.20. The molecule has 0 spiro atoms. The summed E-state index contributed by atoms with van der Waals surface area (Å²) in [6.07, 6.45) is 0.629. The van der Waals surface area contributed by atoms with Gasteiger partial charge in [-0.1, -0.05) is 6.92 Å². The van der Waals surface area contributed by atoms with Crippen LogP contribution in [0.5, 0.6) is 0 Å². The quantitative estimate of drug-likeness (QED) is 0.478. The molecule has 3 nitrogen and oxygen atoms in total. The summed E-state index contributed by atoms with van der Waals surface area (Å²) in [4.78, 5) is 10.6. The zero-order valence-corrected chi connectivity index (χ0v) is 5.42.